The van der Waals surface area contributed by atoms with Gasteiger partial charge in [-0.1, -0.05) is 54.6 Å². The summed E-state index contributed by atoms with van der Waals surface area (Å²) in [4.78, 5) is 12.0. The predicted molar refractivity (Wildman–Crippen MR) is 130 cm³/mol. The molecule has 0 aliphatic carbocycles. The number of rotatable bonds is 7. The van der Waals surface area contributed by atoms with Crippen molar-refractivity contribution in [3.05, 3.63) is 78.9 Å². The van der Waals surface area contributed by atoms with Gasteiger partial charge in [0, 0.05) is 18.4 Å². The molecule has 1 atom stereocenters. The number of H-pyrrole nitrogens is 1. The fraction of sp³-hybridized carbons (Fsp3) is 0.130. The zero-order chi connectivity index (χ0) is 22.0. The molecule has 1 heterocycles. The Balaban J connectivity index is 0.00000289. The molecule has 0 aliphatic heterocycles. The average Bonchev–Trinajstić information content (AvgIpc) is 3.21. The molecule has 0 saturated heterocycles. The van der Waals surface area contributed by atoms with Crippen molar-refractivity contribution >= 4 is 55.5 Å². The van der Waals surface area contributed by atoms with Crippen LogP contribution in [-0.4, -0.2) is 31.1 Å². The van der Waals surface area contributed by atoms with Gasteiger partial charge in [0.05, 0.1) is 11.2 Å². The highest BCUT2D eigenvalue weighted by Crippen LogP contribution is 2.37. The summed E-state index contributed by atoms with van der Waals surface area (Å²) in [5, 5.41) is 10.7. The van der Waals surface area contributed by atoms with Crippen LogP contribution in [0.5, 0.6) is 0 Å². The van der Waals surface area contributed by atoms with E-state index in [9.17, 15) is 13.2 Å². The number of halogens is 1. The first kappa shape index (κ1) is 23.5. The number of anilines is 1. The van der Waals surface area contributed by atoms with E-state index < -0.39 is 15.1 Å². The highest BCUT2D eigenvalue weighted by atomic mass is 35.5. The van der Waals surface area contributed by atoms with Crippen LogP contribution in [0.25, 0.3) is 21.7 Å². The molecule has 3 aromatic carbocycles. The van der Waals surface area contributed by atoms with E-state index in [2.05, 4.69) is 22.1 Å². The number of amides is 1. The molecule has 0 fully saturated rings. The number of carbonyl (C=O) groups excluding carboxylic acids is 1. The Morgan fingerprint density at radius 2 is 1.78 bits per heavy atom. The van der Waals surface area contributed by atoms with E-state index in [4.69, 9.17) is 5.73 Å². The summed E-state index contributed by atoms with van der Waals surface area (Å²) in [6.45, 7) is 4.01. The van der Waals surface area contributed by atoms with Crippen molar-refractivity contribution in [2.75, 3.05) is 11.9 Å². The van der Waals surface area contributed by atoms with Crippen molar-refractivity contribution in [3.63, 3.8) is 0 Å². The second-order valence-electron chi connectivity index (χ2n) is 7.11. The van der Waals surface area contributed by atoms with Crippen molar-refractivity contribution in [1.29, 1.82) is 0 Å². The van der Waals surface area contributed by atoms with Crippen LogP contribution >= 0.6 is 12.4 Å². The molecule has 166 valence electrons. The second kappa shape index (κ2) is 9.52. The lowest BCUT2D eigenvalue weighted by Gasteiger charge is -2.15. The van der Waals surface area contributed by atoms with Gasteiger partial charge in [-0.3, -0.25) is 9.89 Å². The minimum atomic E-state index is -3.93. The van der Waals surface area contributed by atoms with Crippen molar-refractivity contribution in [2.24, 2.45) is 5.73 Å². The number of hydrogen-bond donors (Lipinski definition) is 3. The quantitative estimate of drug-likeness (QED) is 0.351. The number of nitrogens with one attached hydrogen (secondary N) is 2. The Labute approximate surface area is 192 Å². The van der Waals surface area contributed by atoms with Crippen molar-refractivity contribution in [2.45, 2.75) is 16.7 Å². The fourth-order valence-corrected chi connectivity index (χ4v) is 5.41. The van der Waals surface area contributed by atoms with Gasteiger partial charge in [-0.25, -0.2) is 8.42 Å². The molecule has 0 spiro atoms. The number of sulfone groups is 1. The van der Waals surface area contributed by atoms with Crippen LogP contribution < -0.4 is 11.1 Å². The summed E-state index contributed by atoms with van der Waals surface area (Å²) in [5.74, 6) is -0.256. The topological polar surface area (TPSA) is 118 Å². The summed E-state index contributed by atoms with van der Waals surface area (Å²) in [7, 11) is -3.93. The highest BCUT2D eigenvalue weighted by molar-refractivity contribution is 7.92. The van der Waals surface area contributed by atoms with Gasteiger partial charge in [0.15, 0.2) is 5.03 Å². The third-order valence-electron chi connectivity index (χ3n) is 5.16. The second-order valence-corrected chi connectivity index (χ2v) is 9.10. The number of hydrogen-bond acceptors (Lipinski definition) is 5. The van der Waals surface area contributed by atoms with Crippen LogP contribution in [0.4, 0.5) is 5.69 Å². The van der Waals surface area contributed by atoms with E-state index in [0.29, 0.717) is 22.2 Å². The average molecular weight is 471 g/mol. The Bertz CT molecular complexity index is 1390. The van der Waals surface area contributed by atoms with E-state index in [1.807, 2.05) is 36.4 Å². The predicted octanol–water partition coefficient (Wildman–Crippen LogP) is 4.13. The van der Waals surface area contributed by atoms with E-state index in [1.165, 1.54) is 6.08 Å². The van der Waals surface area contributed by atoms with Crippen LogP contribution in [0.1, 0.15) is 17.2 Å². The zero-order valence-electron chi connectivity index (χ0n) is 17.1. The molecule has 4 rings (SSSR count). The Morgan fingerprint density at radius 3 is 2.53 bits per heavy atom. The molecule has 0 aliphatic rings. The number of para-hydroxylation sites is 1. The molecular formula is C23H23ClN4O3S. The molecule has 0 saturated carbocycles. The molecule has 1 unspecified atom stereocenters. The van der Waals surface area contributed by atoms with Gasteiger partial charge in [0.1, 0.15) is 5.25 Å². The van der Waals surface area contributed by atoms with E-state index in [1.54, 1.807) is 24.3 Å². The molecule has 4 N–H and O–H groups in total. The van der Waals surface area contributed by atoms with Crippen molar-refractivity contribution in [3.8, 4) is 0 Å². The van der Waals surface area contributed by atoms with Crippen LogP contribution in [0, 0.1) is 0 Å². The molecule has 0 radical (unpaired) electrons. The lowest BCUT2D eigenvalue weighted by molar-refractivity contribution is -0.116. The number of benzene rings is 3. The van der Waals surface area contributed by atoms with Crippen LogP contribution in [0.2, 0.25) is 0 Å². The zero-order valence-corrected chi connectivity index (χ0v) is 18.7. The smallest absolute Gasteiger partial charge is 0.225 e. The lowest BCUT2D eigenvalue weighted by Crippen LogP contribution is -2.16. The Morgan fingerprint density at radius 1 is 1.09 bits per heavy atom. The molecule has 9 heteroatoms. The van der Waals surface area contributed by atoms with Crippen molar-refractivity contribution in [1.82, 2.24) is 10.2 Å². The monoisotopic (exact) mass is 470 g/mol. The molecule has 1 amide bonds. The largest absolute Gasteiger partial charge is 0.330 e. The van der Waals surface area contributed by atoms with Gasteiger partial charge in [0.25, 0.3) is 0 Å². The molecule has 7 nitrogen and oxygen atoms in total. The lowest BCUT2D eigenvalue weighted by atomic mass is 10.0. The van der Waals surface area contributed by atoms with Gasteiger partial charge >= 0.3 is 0 Å². The van der Waals surface area contributed by atoms with Gasteiger partial charge in [-0.05, 0) is 28.5 Å². The standard InChI is InChI=1S/C23H22N4O3S.ClH/c1-2-20(17-10-5-8-15-7-3-4-9-16(15)17)31(29,30)23-18-11-6-12-19(22(18)26-27-23)25-21(28)13-14-24;/h2-12,20H,1,13-14,24H2,(H,25,28)(H,26,27);1H. The number of aromatic amines is 1. The number of fused-ring (bicyclic) bond motifs is 2. The van der Waals surface area contributed by atoms with Gasteiger partial charge in [-0.15, -0.1) is 19.0 Å². The van der Waals surface area contributed by atoms with E-state index >= 15 is 0 Å². The third kappa shape index (κ3) is 4.12. The first-order valence-corrected chi connectivity index (χ1v) is 11.3. The SMILES string of the molecule is C=CC(c1cccc2ccccc12)S(=O)(=O)c1n[nH]c2c(NC(=O)CCN)cccc12.Cl. The Kier molecular flexibility index (Phi) is 6.98. The summed E-state index contributed by atoms with van der Waals surface area (Å²) in [6.07, 6.45) is 1.58. The maximum absolute atomic E-state index is 13.7. The summed E-state index contributed by atoms with van der Waals surface area (Å²) < 4.78 is 27.3. The number of aromatic nitrogens is 2. The van der Waals surface area contributed by atoms with Crippen molar-refractivity contribution < 1.29 is 13.2 Å². The fourth-order valence-electron chi connectivity index (χ4n) is 3.72. The minimum absolute atomic E-state index is 0. The highest BCUT2D eigenvalue weighted by Gasteiger charge is 2.32. The normalized spacial score (nSPS) is 12.3. The van der Waals surface area contributed by atoms with Gasteiger partial charge in [0.2, 0.25) is 15.7 Å². The van der Waals surface area contributed by atoms with Crippen LogP contribution in [0.15, 0.2) is 78.3 Å². The first-order chi connectivity index (χ1) is 15.0. The molecule has 0 bridgehead atoms. The van der Waals surface area contributed by atoms with Gasteiger partial charge in [-0.2, -0.15) is 5.10 Å². The van der Waals surface area contributed by atoms with Gasteiger partial charge < -0.3 is 11.1 Å². The van der Waals surface area contributed by atoms with E-state index in [-0.39, 0.29) is 36.3 Å². The third-order valence-corrected chi connectivity index (χ3v) is 7.12. The van der Waals surface area contributed by atoms with E-state index in [0.717, 1.165) is 10.8 Å². The van der Waals surface area contributed by atoms with Crippen LogP contribution in [-0.2, 0) is 14.6 Å². The molecule has 32 heavy (non-hydrogen) atoms. The molecule has 1 aromatic heterocycles. The maximum Gasteiger partial charge on any atom is 0.225 e. The summed E-state index contributed by atoms with van der Waals surface area (Å²) in [6, 6.07) is 18.2. The van der Waals surface area contributed by atoms with Crippen LogP contribution in [0.3, 0.4) is 0 Å². The minimum Gasteiger partial charge on any atom is -0.330 e. The molecular weight excluding hydrogens is 448 g/mol. The maximum atomic E-state index is 13.7. The number of nitrogens with two attached hydrogens (primary N) is 1. The Hall–Kier alpha value is -3.20. The summed E-state index contributed by atoms with van der Waals surface area (Å²) >= 11 is 0. The summed E-state index contributed by atoms with van der Waals surface area (Å²) in [5.41, 5.74) is 6.95. The number of nitrogens with zero attached hydrogens (tertiary/aromatic N) is 1. The first-order valence-electron chi connectivity index (χ1n) is 9.78. The molecule has 4 aromatic rings. The number of carbonyl (C=O) groups is 1.